The van der Waals surface area contributed by atoms with Gasteiger partial charge >= 0.3 is 85.1 Å². The van der Waals surface area contributed by atoms with E-state index in [1.165, 1.54) is 12.1 Å². The minimum atomic E-state index is -4.20. The minimum absolute atomic E-state index is 0.154. The maximum atomic E-state index is 12.1. The van der Waals surface area contributed by atoms with E-state index in [9.17, 15) is 13.2 Å². The normalized spacial score (nSPS) is 11.8. The van der Waals surface area contributed by atoms with Crippen molar-refractivity contribution in [3.05, 3.63) is 29.8 Å². The van der Waals surface area contributed by atoms with Crippen molar-refractivity contribution in [1.29, 1.82) is 0 Å². The third-order valence-electron chi connectivity index (χ3n) is 1.33. The third-order valence-corrected chi connectivity index (χ3v) is 4.29. The summed E-state index contributed by atoms with van der Waals surface area (Å²) in [5.74, 6) is 0. The summed E-state index contributed by atoms with van der Waals surface area (Å²) >= 11 is 1.86. The van der Waals surface area contributed by atoms with Gasteiger partial charge in [-0.15, -0.1) is 0 Å². The van der Waals surface area contributed by atoms with Gasteiger partial charge in [-0.05, 0) is 0 Å². The van der Waals surface area contributed by atoms with E-state index < -0.39 is 11.7 Å². The fourth-order valence-corrected chi connectivity index (χ4v) is 2.50. The van der Waals surface area contributed by atoms with Gasteiger partial charge in [-0.3, -0.25) is 0 Å². The van der Waals surface area contributed by atoms with E-state index >= 15 is 0 Å². The van der Waals surface area contributed by atoms with Crippen LogP contribution in [0.4, 0.5) is 13.2 Å². The van der Waals surface area contributed by atoms with Gasteiger partial charge in [-0.2, -0.15) is 0 Å². The zero-order chi connectivity index (χ0) is 9.19. The Bertz CT molecular complexity index is 272. The van der Waals surface area contributed by atoms with E-state index in [2.05, 4.69) is 0 Å². The van der Waals surface area contributed by atoms with Gasteiger partial charge in [-0.25, -0.2) is 0 Å². The molecular formula is C7H4F3MgSe+. The van der Waals surface area contributed by atoms with Crippen molar-refractivity contribution < 1.29 is 13.2 Å². The Balaban J connectivity index is 3.02. The van der Waals surface area contributed by atoms with Crippen molar-refractivity contribution in [3.63, 3.8) is 0 Å². The fourth-order valence-electron chi connectivity index (χ4n) is 0.762. The van der Waals surface area contributed by atoms with Crippen LogP contribution >= 0.6 is 0 Å². The van der Waals surface area contributed by atoms with Crippen LogP contribution < -0.4 is 4.46 Å². The predicted molar refractivity (Wildman–Crippen MR) is 42.6 cm³/mol. The molecule has 0 amide bonds. The van der Waals surface area contributed by atoms with Crippen LogP contribution in [0, 0.1) is 0 Å². The number of benzene rings is 1. The molecule has 0 saturated carbocycles. The molecule has 0 bridgehead atoms. The summed E-state index contributed by atoms with van der Waals surface area (Å²) in [7, 11) is 0. The second kappa shape index (κ2) is 4.00. The molecule has 1 rings (SSSR count). The van der Waals surface area contributed by atoms with Gasteiger partial charge in [0, 0.05) is 0 Å². The first kappa shape index (κ1) is 10.4. The van der Waals surface area contributed by atoms with E-state index in [-0.39, 0.29) is 11.9 Å². The first-order chi connectivity index (χ1) is 5.54. The predicted octanol–water partition coefficient (Wildman–Crippen LogP) is 1.12. The standard InChI is InChI=1S/C7H5F3Se.Mg/c8-7(9,10)5-2-1-3-6(11)4-5;/h1-4,11H;/q;+2/p-1. The van der Waals surface area contributed by atoms with Crippen molar-refractivity contribution in [2.75, 3.05) is 0 Å². The van der Waals surface area contributed by atoms with Gasteiger partial charge in [0.2, 0.25) is 0 Å². The molecule has 5 heteroatoms. The van der Waals surface area contributed by atoms with Gasteiger partial charge < -0.3 is 0 Å². The number of hydrogen-bond acceptors (Lipinski definition) is 0. The summed E-state index contributed by atoms with van der Waals surface area (Å²) in [5.41, 5.74) is -0.548. The molecule has 0 aliphatic rings. The zero-order valence-corrected chi connectivity index (χ0v) is 9.19. The van der Waals surface area contributed by atoms with Crippen molar-refractivity contribution in [1.82, 2.24) is 0 Å². The molecular weight excluding hydrogens is 244 g/mol. The Morgan fingerprint density at radius 3 is 2.42 bits per heavy atom. The SMILES string of the molecule is FC(F)(F)c1cccc([Se][Mg+])c1. The number of alkyl halides is 3. The molecule has 1 aromatic carbocycles. The van der Waals surface area contributed by atoms with Gasteiger partial charge in [0.05, 0.1) is 0 Å². The summed E-state index contributed by atoms with van der Waals surface area (Å²) in [6.07, 6.45) is -4.20. The molecule has 0 atom stereocenters. The average molecular weight is 248 g/mol. The molecule has 0 unspecified atom stereocenters. The van der Waals surface area contributed by atoms with E-state index in [1.54, 1.807) is 25.6 Å². The average Bonchev–Trinajstić information content (AvgIpc) is 2.03. The molecule has 0 fully saturated rings. The van der Waals surface area contributed by atoms with E-state index in [0.717, 1.165) is 10.5 Å². The number of halogens is 3. The van der Waals surface area contributed by atoms with Gasteiger partial charge in [0.1, 0.15) is 0 Å². The Kier molecular flexibility index (Phi) is 3.46. The summed E-state index contributed by atoms with van der Waals surface area (Å²) < 4.78 is 37.1. The Labute approximate surface area is 84.8 Å². The first-order valence-electron chi connectivity index (χ1n) is 3.13. The van der Waals surface area contributed by atoms with Crippen LogP contribution in [0.1, 0.15) is 5.56 Å². The monoisotopic (exact) mass is 249 g/mol. The van der Waals surface area contributed by atoms with Crippen molar-refractivity contribution in [2.45, 2.75) is 6.18 Å². The summed E-state index contributed by atoms with van der Waals surface area (Å²) in [6.45, 7) is 0. The first-order valence-corrected chi connectivity index (χ1v) is 8.20. The Morgan fingerprint density at radius 1 is 1.25 bits per heavy atom. The Morgan fingerprint density at radius 2 is 1.92 bits per heavy atom. The molecule has 0 radical (unpaired) electrons. The van der Waals surface area contributed by atoms with Crippen molar-refractivity contribution in [2.24, 2.45) is 0 Å². The zero-order valence-electron chi connectivity index (χ0n) is 6.06. The number of hydrogen-bond donors (Lipinski definition) is 0. The van der Waals surface area contributed by atoms with Crippen molar-refractivity contribution in [3.8, 4) is 0 Å². The summed E-state index contributed by atoms with van der Waals surface area (Å²) in [5, 5.41) is 0. The quantitative estimate of drug-likeness (QED) is 0.653. The van der Waals surface area contributed by atoms with Crippen LogP contribution in [0.5, 0.6) is 0 Å². The molecule has 0 N–H and O–H groups in total. The fraction of sp³-hybridized carbons (Fsp3) is 0.143. The third kappa shape index (κ3) is 2.66. The number of rotatable bonds is 1. The van der Waals surface area contributed by atoms with Crippen LogP contribution in [0.2, 0.25) is 0 Å². The van der Waals surface area contributed by atoms with E-state index in [0.29, 0.717) is 0 Å². The van der Waals surface area contributed by atoms with E-state index in [1.807, 2.05) is 0 Å². The molecule has 60 valence electrons. The Hall–Kier alpha value is 0.296. The maximum absolute atomic E-state index is 12.1. The van der Waals surface area contributed by atoms with Crippen LogP contribution in [-0.4, -0.2) is 31.4 Å². The second-order valence-corrected chi connectivity index (χ2v) is 5.26. The molecule has 0 aliphatic carbocycles. The van der Waals surface area contributed by atoms with Gasteiger partial charge in [0.15, 0.2) is 0 Å². The molecule has 12 heavy (non-hydrogen) atoms. The van der Waals surface area contributed by atoms with Gasteiger partial charge in [0.25, 0.3) is 0 Å². The van der Waals surface area contributed by atoms with Gasteiger partial charge in [-0.1, -0.05) is 0 Å². The summed E-state index contributed by atoms with van der Waals surface area (Å²) in [4.78, 5) is 0. The molecule has 1 aromatic rings. The van der Waals surface area contributed by atoms with Crippen LogP contribution in [-0.2, 0) is 6.18 Å². The van der Waals surface area contributed by atoms with Crippen molar-refractivity contribution >= 4 is 35.9 Å². The summed E-state index contributed by atoms with van der Waals surface area (Å²) in [6, 6.07) is 5.49. The molecule has 0 aliphatic heterocycles. The molecule has 0 heterocycles. The molecule has 0 spiro atoms. The van der Waals surface area contributed by atoms with Crippen LogP contribution in [0.15, 0.2) is 24.3 Å². The molecule has 0 nitrogen and oxygen atoms in total. The molecule has 0 saturated heterocycles. The van der Waals surface area contributed by atoms with Crippen LogP contribution in [0.3, 0.4) is 0 Å². The molecule has 0 aromatic heterocycles. The van der Waals surface area contributed by atoms with E-state index in [4.69, 9.17) is 0 Å². The van der Waals surface area contributed by atoms with Crippen LogP contribution in [0.25, 0.3) is 0 Å². The second-order valence-electron chi connectivity index (χ2n) is 2.17. The topological polar surface area (TPSA) is 0 Å².